The van der Waals surface area contributed by atoms with Gasteiger partial charge < -0.3 is 4.74 Å². The summed E-state index contributed by atoms with van der Waals surface area (Å²) < 4.78 is 22.2. The maximum absolute atomic E-state index is 14.7. The van der Waals surface area contributed by atoms with Crippen molar-refractivity contribution < 1.29 is 9.13 Å². The van der Waals surface area contributed by atoms with E-state index in [1.54, 1.807) is 6.07 Å². The zero-order valence-corrected chi connectivity index (χ0v) is 16.6. The van der Waals surface area contributed by atoms with E-state index in [1.165, 1.54) is 17.2 Å². The third-order valence-corrected chi connectivity index (χ3v) is 5.65. The van der Waals surface area contributed by atoms with Crippen LogP contribution in [0, 0.1) is 5.82 Å². The second-order valence-electron chi connectivity index (χ2n) is 7.85. The van der Waals surface area contributed by atoms with Gasteiger partial charge in [0.1, 0.15) is 5.82 Å². The average Bonchev–Trinajstić information content (AvgIpc) is 3.25. The molecule has 148 valence electrons. The molecule has 29 heavy (non-hydrogen) atoms. The predicted molar refractivity (Wildman–Crippen MR) is 112 cm³/mol. The summed E-state index contributed by atoms with van der Waals surface area (Å²) in [7, 11) is 2.07. The fourth-order valence-corrected chi connectivity index (χ4v) is 4.29. The van der Waals surface area contributed by atoms with Crippen molar-refractivity contribution in [3.8, 4) is 11.3 Å². The highest BCUT2D eigenvalue weighted by atomic mass is 19.1. The van der Waals surface area contributed by atoms with Crippen LogP contribution in [0.4, 0.5) is 4.39 Å². The minimum atomic E-state index is -0.204. The first kappa shape index (κ1) is 18.3. The molecular weight excluding hydrogens is 365 g/mol. The van der Waals surface area contributed by atoms with Crippen LogP contribution in [0.3, 0.4) is 0 Å². The molecule has 3 heterocycles. The fourth-order valence-electron chi connectivity index (χ4n) is 4.29. The molecule has 0 atom stereocenters. The molecule has 2 aromatic carbocycles. The van der Waals surface area contributed by atoms with Crippen LogP contribution >= 0.6 is 0 Å². The van der Waals surface area contributed by atoms with Gasteiger partial charge in [0.15, 0.2) is 0 Å². The highest BCUT2D eigenvalue weighted by Gasteiger charge is 2.27. The topological polar surface area (TPSA) is 30.3 Å². The van der Waals surface area contributed by atoms with Gasteiger partial charge in [-0.25, -0.2) is 4.39 Å². The van der Waals surface area contributed by atoms with Gasteiger partial charge in [-0.05, 0) is 48.4 Å². The number of ether oxygens (including phenoxy) is 1. The highest BCUT2D eigenvalue weighted by Crippen LogP contribution is 2.34. The molecule has 5 rings (SSSR count). The van der Waals surface area contributed by atoms with Crippen molar-refractivity contribution in [3.63, 3.8) is 0 Å². The molecule has 0 spiro atoms. The Kier molecular flexibility index (Phi) is 4.78. The predicted octanol–water partition coefficient (Wildman–Crippen LogP) is 4.49. The molecule has 0 amide bonds. The van der Waals surface area contributed by atoms with Crippen molar-refractivity contribution in [1.29, 1.82) is 0 Å². The molecule has 0 saturated carbocycles. The smallest absolute Gasteiger partial charge is 0.132 e. The number of fused-ring (bicyclic) bond motifs is 1. The summed E-state index contributed by atoms with van der Waals surface area (Å²) in [4.78, 5) is 2.21. The second-order valence-corrected chi connectivity index (χ2v) is 7.85. The van der Waals surface area contributed by atoms with Crippen LogP contribution in [0.2, 0.25) is 0 Å². The minimum absolute atomic E-state index is 0.204. The lowest BCUT2D eigenvalue weighted by Gasteiger charge is -2.16. The Morgan fingerprint density at radius 3 is 2.83 bits per heavy atom. The van der Waals surface area contributed by atoms with Crippen LogP contribution in [0.25, 0.3) is 16.8 Å². The molecule has 0 saturated heterocycles. The van der Waals surface area contributed by atoms with Gasteiger partial charge in [0.2, 0.25) is 0 Å². The lowest BCUT2D eigenvalue weighted by atomic mass is 10.0. The van der Waals surface area contributed by atoms with Gasteiger partial charge in [-0.2, -0.15) is 5.10 Å². The quantitative estimate of drug-likeness (QED) is 0.659. The average molecular weight is 389 g/mol. The zero-order chi connectivity index (χ0) is 19.8. The van der Waals surface area contributed by atoms with Gasteiger partial charge >= 0.3 is 0 Å². The number of hydrogen-bond acceptors (Lipinski definition) is 3. The van der Waals surface area contributed by atoms with Gasteiger partial charge in [0, 0.05) is 24.2 Å². The van der Waals surface area contributed by atoms with E-state index in [9.17, 15) is 4.39 Å². The Bertz CT molecular complexity index is 1090. The Morgan fingerprint density at radius 1 is 1.10 bits per heavy atom. The minimum Gasteiger partial charge on any atom is -0.376 e. The van der Waals surface area contributed by atoms with Crippen LogP contribution in [0.5, 0.6) is 0 Å². The first-order valence-electron chi connectivity index (χ1n) is 10.1. The van der Waals surface area contributed by atoms with Crippen molar-refractivity contribution in [2.45, 2.75) is 26.1 Å². The molecule has 0 radical (unpaired) electrons. The maximum Gasteiger partial charge on any atom is 0.132 e. The van der Waals surface area contributed by atoms with Gasteiger partial charge in [-0.15, -0.1) is 0 Å². The molecule has 3 aromatic rings. The van der Waals surface area contributed by atoms with E-state index < -0.39 is 0 Å². The van der Waals surface area contributed by atoms with E-state index in [2.05, 4.69) is 42.3 Å². The molecule has 4 nitrogen and oxygen atoms in total. The lowest BCUT2D eigenvalue weighted by molar-refractivity contribution is 0.164. The van der Waals surface area contributed by atoms with Gasteiger partial charge in [0.25, 0.3) is 0 Å². The summed E-state index contributed by atoms with van der Waals surface area (Å²) in [6.45, 7) is 3.66. The number of halogens is 1. The molecule has 2 aliphatic rings. The summed E-state index contributed by atoms with van der Waals surface area (Å²) in [6.07, 6.45) is 3.21. The Labute approximate surface area is 170 Å². The van der Waals surface area contributed by atoms with Crippen molar-refractivity contribution in [2.75, 3.05) is 20.3 Å². The molecule has 0 aliphatic carbocycles. The maximum atomic E-state index is 14.7. The molecular formula is C24H24FN3O. The van der Waals surface area contributed by atoms with E-state index in [-0.39, 0.29) is 5.82 Å². The largest absolute Gasteiger partial charge is 0.376 e. The monoisotopic (exact) mass is 389 g/mol. The van der Waals surface area contributed by atoms with Gasteiger partial charge in [-0.3, -0.25) is 9.58 Å². The van der Waals surface area contributed by atoms with Crippen molar-refractivity contribution in [1.82, 2.24) is 14.7 Å². The van der Waals surface area contributed by atoms with Crippen LogP contribution < -0.4 is 0 Å². The van der Waals surface area contributed by atoms with Crippen LogP contribution in [0.15, 0.2) is 54.6 Å². The Hall–Kier alpha value is -2.76. The second kappa shape index (κ2) is 7.58. The van der Waals surface area contributed by atoms with Crippen molar-refractivity contribution in [2.24, 2.45) is 0 Å². The third-order valence-electron chi connectivity index (χ3n) is 5.65. The SMILES string of the molecule is CN1Cc2nn(Cc3cccc(C4=CCCOC4)c3)c(-c3ccccc3F)c2C1. The van der Waals surface area contributed by atoms with Crippen LogP contribution in [-0.4, -0.2) is 34.9 Å². The number of hydrogen-bond donors (Lipinski definition) is 0. The standard InChI is InChI=1S/C24H24FN3O/c1-27-14-21-23(15-27)26-28(24(21)20-9-2-3-10-22(20)25)13-17-6-4-7-18(12-17)19-8-5-11-29-16-19/h2-4,6-10,12H,5,11,13-16H2,1H3. The molecule has 0 unspecified atom stereocenters. The van der Waals surface area contributed by atoms with Crippen molar-refractivity contribution >= 4 is 5.57 Å². The summed E-state index contributed by atoms with van der Waals surface area (Å²) in [5.74, 6) is -0.204. The summed E-state index contributed by atoms with van der Waals surface area (Å²) in [6, 6.07) is 15.5. The first-order valence-corrected chi connectivity index (χ1v) is 10.1. The van der Waals surface area contributed by atoms with E-state index in [0.29, 0.717) is 18.7 Å². The first-order chi connectivity index (χ1) is 14.2. The molecule has 5 heteroatoms. The van der Waals surface area contributed by atoms with Gasteiger partial charge in [0.05, 0.1) is 31.1 Å². The number of aromatic nitrogens is 2. The Balaban J connectivity index is 1.54. The number of rotatable bonds is 4. The van der Waals surface area contributed by atoms with E-state index in [4.69, 9.17) is 9.84 Å². The van der Waals surface area contributed by atoms with Crippen molar-refractivity contribution in [3.05, 3.63) is 82.8 Å². The normalized spacial score (nSPS) is 16.7. The van der Waals surface area contributed by atoms with Crippen LogP contribution in [-0.2, 0) is 24.4 Å². The van der Waals surface area contributed by atoms with Gasteiger partial charge in [-0.1, -0.05) is 36.4 Å². The molecule has 0 N–H and O–H groups in total. The summed E-state index contributed by atoms with van der Waals surface area (Å²) >= 11 is 0. The number of benzene rings is 2. The molecule has 2 aliphatic heterocycles. The third kappa shape index (κ3) is 3.52. The lowest BCUT2D eigenvalue weighted by Crippen LogP contribution is -2.13. The summed E-state index contributed by atoms with van der Waals surface area (Å²) in [5, 5.41) is 4.87. The van der Waals surface area contributed by atoms with E-state index in [1.807, 2.05) is 16.8 Å². The molecule has 0 fully saturated rings. The highest BCUT2D eigenvalue weighted by molar-refractivity contribution is 5.68. The van der Waals surface area contributed by atoms with E-state index in [0.717, 1.165) is 48.6 Å². The molecule has 1 aromatic heterocycles. The van der Waals surface area contributed by atoms with E-state index >= 15 is 0 Å². The number of nitrogens with zero attached hydrogens (tertiary/aromatic N) is 3. The zero-order valence-electron chi connectivity index (χ0n) is 16.6. The fraction of sp³-hybridized carbons (Fsp3) is 0.292. The van der Waals surface area contributed by atoms with Crippen LogP contribution in [0.1, 0.15) is 28.8 Å². The molecule has 0 bridgehead atoms. The Morgan fingerprint density at radius 2 is 2.00 bits per heavy atom. The summed E-state index contributed by atoms with van der Waals surface area (Å²) in [5.41, 5.74) is 7.28.